The number of esters is 1. The second-order valence-corrected chi connectivity index (χ2v) is 6.80. The molecule has 3 rings (SSSR count). The third-order valence-electron chi connectivity index (χ3n) is 3.71. The smallest absolute Gasteiger partial charge is 0.337 e. The van der Waals surface area contributed by atoms with Crippen LogP contribution in [0.3, 0.4) is 0 Å². The van der Waals surface area contributed by atoms with Crippen LogP contribution < -0.4 is 10.0 Å². The van der Waals surface area contributed by atoms with Crippen LogP contribution in [0.2, 0.25) is 0 Å². The molecule has 2 N–H and O–H groups in total. The lowest BCUT2D eigenvalue weighted by Crippen LogP contribution is -2.29. The fraction of sp³-hybridized carbons (Fsp3) is 0.0625. The minimum absolute atomic E-state index is 0.0360. The lowest BCUT2D eigenvalue weighted by Gasteiger charge is -2.14. The molecule has 128 valence electrons. The van der Waals surface area contributed by atoms with E-state index in [0.29, 0.717) is 0 Å². The zero-order valence-corrected chi connectivity index (χ0v) is 13.7. The maximum Gasteiger partial charge on any atom is 0.337 e. The highest BCUT2D eigenvalue weighted by Crippen LogP contribution is 2.30. The standard InChI is InChI=1S/C16H12N2O6S/c1-24-16(21)9-5-6-12-13(7-9)15(20)18(14(12)19)10-3-2-4-11(8-10)25(17,22)23/h2-8H,1H3,(H2,17,22,23). The number of amides is 2. The van der Waals surface area contributed by atoms with Gasteiger partial charge in [0.15, 0.2) is 0 Å². The van der Waals surface area contributed by atoms with Gasteiger partial charge in [-0.2, -0.15) is 0 Å². The maximum atomic E-state index is 12.6. The Morgan fingerprint density at radius 3 is 2.36 bits per heavy atom. The summed E-state index contributed by atoms with van der Waals surface area (Å²) >= 11 is 0. The highest BCUT2D eigenvalue weighted by molar-refractivity contribution is 7.89. The summed E-state index contributed by atoms with van der Waals surface area (Å²) in [6.07, 6.45) is 0. The average Bonchev–Trinajstić information content (AvgIpc) is 2.84. The summed E-state index contributed by atoms with van der Waals surface area (Å²) in [6.45, 7) is 0. The predicted molar refractivity (Wildman–Crippen MR) is 86.7 cm³/mol. The van der Waals surface area contributed by atoms with Gasteiger partial charge in [-0.15, -0.1) is 0 Å². The van der Waals surface area contributed by atoms with Crippen molar-refractivity contribution in [3.05, 3.63) is 59.2 Å². The number of carbonyl (C=O) groups excluding carboxylic acids is 3. The lowest BCUT2D eigenvalue weighted by atomic mass is 10.1. The number of ether oxygens (including phenoxy) is 1. The van der Waals surface area contributed by atoms with Gasteiger partial charge < -0.3 is 4.74 Å². The summed E-state index contributed by atoms with van der Waals surface area (Å²) < 4.78 is 27.5. The highest BCUT2D eigenvalue weighted by Gasteiger charge is 2.37. The van der Waals surface area contributed by atoms with Crippen LogP contribution in [0.25, 0.3) is 0 Å². The minimum atomic E-state index is -3.99. The van der Waals surface area contributed by atoms with Crippen LogP contribution in [0.15, 0.2) is 47.4 Å². The van der Waals surface area contributed by atoms with E-state index in [-0.39, 0.29) is 27.3 Å². The molecule has 8 nitrogen and oxygen atoms in total. The SMILES string of the molecule is COC(=O)c1ccc2c(c1)C(=O)N(c1cccc(S(N)(=O)=O)c1)C2=O. The molecule has 0 saturated carbocycles. The van der Waals surface area contributed by atoms with Gasteiger partial charge >= 0.3 is 5.97 Å². The Balaban J connectivity index is 2.07. The quantitative estimate of drug-likeness (QED) is 0.641. The van der Waals surface area contributed by atoms with E-state index in [1.165, 1.54) is 43.5 Å². The van der Waals surface area contributed by atoms with Crippen LogP contribution in [-0.4, -0.2) is 33.3 Å². The van der Waals surface area contributed by atoms with Gasteiger partial charge in [-0.25, -0.2) is 23.3 Å². The molecule has 0 saturated heterocycles. The fourth-order valence-electron chi connectivity index (χ4n) is 2.52. The zero-order valence-electron chi connectivity index (χ0n) is 12.9. The summed E-state index contributed by atoms with van der Waals surface area (Å²) in [7, 11) is -2.79. The molecule has 0 unspecified atom stereocenters. The fourth-order valence-corrected chi connectivity index (χ4v) is 3.07. The van der Waals surface area contributed by atoms with Gasteiger partial charge in [0.05, 0.1) is 34.4 Å². The van der Waals surface area contributed by atoms with Crippen molar-refractivity contribution >= 4 is 33.5 Å². The largest absolute Gasteiger partial charge is 0.465 e. The molecule has 1 aliphatic heterocycles. The van der Waals surface area contributed by atoms with Crippen molar-refractivity contribution in [1.82, 2.24) is 0 Å². The van der Waals surface area contributed by atoms with Crippen molar-refractivity contribution in [3.8, 4) is 0 Å². The molecule has 9 heteroatoms. The van der Waals surface area contributed by atoms with Crippen molar-refractivity contribution in [1.29, 1.82) is 0 Å². The number of carbonyl (C=O) groups is 3. The summed E-state index contributed by atoms with van der Waals surface area (Å²) in [5.41, 5.74) is 0.340. The normalized spacial score (nSPS) is 13.8. The van der Waals surface area contributed by atoms with Gasteiger partial charge in [0.2, 0.25) is 10.0 Å². The van der Waals surface area contributed by atoms with Gasteiger partial charge in [0.1, 0.15) is 0 Å². The molecule has 2 amide bonds. The molecule has 2 aromatic rings. The van der Waals surface area contributed by atoms with Crippen LogP contribution in [0.1, 0.15) is 31.1 Å². The van der Waals surface area contributed by atoms with E-state index >= 15 is 0 Å². The van der Waals surface area contributed by atoms with Crippen LogP contribution in [0.4, 0.5) is 5.69 Å². The topological polar surface area (TPSA) is 124 Å². The molecule has 0 bridgehead atoms. The average molecular weight is 360 g/mol. The van der Waals surface area contributed by atoms with Crippen molar-refractivity contribution in [2.75, 3.05) is 12.0 Å². The molecule has 1 aliphatic rings. The van der Waals surface area contributed by atoms with Crippen LogP contribution in [0, 0.1) is 0 Å². The van der Waals surface area contributed by atoms with E-state index in [1.807, 2.05) is 0 Å². The summed E-state index contributed by atoms with van der Waals surface area (Å²) in [5.74, 6) is -1.93. The lowest BCUT2D eigenvalue weighted by molar-refractivity contribution is 0.0600. The molecule has 25 heavy (non-hydrogen) atoms. The Morgan fingerprint density at radius 1 is 1.04 bits per heavy atom. The number of nitrogens with two attached hydrogens (primary N) is 1. The number of methoxy groups -OCH3 is 1. The number of hydrogen-bond donors (Lipinski definition) is 1. The van der Waals surface area contributed by atoms with E-state index < -0.39 is 27.8 Å². The monoisotopic (exact) mass is 360 g/mol. The van der Waals surface area contributed by atoms with E-state index in [9.17, 15) is 22.8 Å². The first kappa shape index (κ1) is 16.8. The van der Waals surface area contributed by atoms with Crippen LogP contribution >= 0.6 is 0 Å². The number of anilines is 1. The zero-order chi connectivity index (χ0) is 18.4. The number of imide groups is 1. The van der Waals surface area contributed by atoms with Gasteiger partial charge in [-0.1, -0.05) is 6.07 Å². The number of sulfonamides is 1. The summed E-state index contributed by atoms with van der Waals surface area (Å²) in [5, 5.41) is 5.08. The first-order valence-corrected chi connectivity index (χ1v) is 8.52. The van der Waals surface area contributed by atoms with Crippen molar-refractivity contribution in [3.63, 3.8) is 0 Å². The molecule has 0 aromatic heterocycles. The van der Waals surface area contributed by atoms with Crippen molar-refractivity contribution in [2.45, 2.75) is 4.90 Å². The second kappa shape index (κ2) is 5.80. The molecular weight excluding hydrogens is 348 g/mol. The Labute approximate surface area is 142 Å². The van der Waals surface area contributed by atoms with Crippen molar-refractivity contribution in [2.24, 2.45) is 5.14 Å². The third-order valence-corrected chi connectivity index (χ3v) is 4.62. The summed E-state index contributed by atoms with van der Waals surface area (Å²) in [6, 6.07) is 9.18. The first-order valence-electron chi connectivity index (χ1n) is 6.98. The predicted octanol–water partition coefficient (Wildman–Crippen LogP) is 0.921. The van der Waals surface area contributed by atoms with Crippen LogP contribution in [-0.2, 0) is 14.8 Å². The maximum absolute atomic E-state index is 12.6. The van der Waals surface area contributed by atoms with Crippen molar-refractivity contribution < 1.29 is 27.5 Å². The number of rotatable bonds is 3. The van der Waals surface area contributed by atoms with Crippen LogP contribution in [0.5, 0.6) is 0 Å². The molecule has 0 spiro atoms. The molecular formula is C16H12N2O6S. The van der Waals surface area contributed by atoms with E-state index in [1.54, 1.807) is 0 Å². The molecule has 0 aliphatic carbocycles. The molecule has 0 radical (unpaired) electrons. The summed E-state index contributed by atoms with van der Waals surface area (Å²) in [4.78, 5) is 37.3. The minimum Gasteiger partial charge on any atom is -0.465 e. The van der Waals surface area contributed by atoms with Gasteiger partial charge in [0.25, 0.3) is 11.8 Å². The Hall–Kier alpha value is -3.04. The number of nitrogens with zero attached hydrogens (tertiary/aromatic N) is 1. The molecule has 0 fully saturated rings. The van der Waals surface area contributed by atoms with E-state index in [0.717, 1.165) is 11.0 Å². The van der Waals surface area contributed by atoms with Gasteiger partial charge in [-0.05, 0) is 36.4 Å². The van der Waals surface area contributed by atoms with E-state index in [2.05, 4.69) is 4.74 Å². The number of hydrogen-bond acceptors (Lipinski definition) is 6. The molecule has 0 atom stereocenters. The first-order chi connectivity index (χ1) is 11.7. The highest BCUT2D eigenvalue weighted by atomic mass is 32.2. The Bertz CT molecular complexity index is 1030. The number of primary sulfonamides is 1. The Kier molecular flexibility index (Phi) is 3.90. The van der Waals surface area contributed by atoms with E-state index in [4.69, 9.17) is 5.14 Å². The number of fused-ring (bicyclic) bond motifs is 1. The second-order valence-electron chi connectivity index (χ2n) is 5.24. The number of benzene rings is 2. The third kappa shape index (κ3) is 2.79. The molecule has 2 aromatic carbocycles. The molecule has 1 heterocycles. The van der Waals surface area contributed by atoms with Gasteiger partial charge in [-0.3, -0.25) is 9.59 Å². The van der Waals surface area contributed by atoms with Gasteiger partial charge in [0, 0.05) is 0 Å². The Morgan fingerprint density at radius 2 is 1.72 bits per heavy atom.